The Morgan fingerprint density at radius 1 is 1.29 bits per heavy atom. The van der Waals surface area contributed by atoms with Gasteiger partial charge in [0.15, 0.2) is 11.5 Å². The van der Waals surface area contributed by atoms with Gasteiger partial charge in [-0.3, -0.25) is 4.79 Å². The summed E-state index contributed by atoms with van der Waals surface area (Å²) in [4.78, 5) is 13.8. The maximum atomic E-state index is 12.1. The van der Waals surface area contributed by atoms with Gasteiger partial charge in [-0.15, -0.1) is 0 Å². The number of amides is 1. The normalized spacial score (nSPS) is 13.9. The highest BCUT2D eigenvalue weighted by Crippen LogP contribution is 2.31. The zero-order chi connectivity index (χ0) is 15.5. The molecule has 0 unspecified atom stereocenters. The van der Waals surface area contributed by atoms with E-state index in [1.807, 2.05) is 39.1 Å². The molecule has 1 aliphatic rings. The SMILES string of the molecule is CN(Cc1ccc2c(c1)OCCO2)C(=O)CCC(C)(C)N. The summed E-state index contributed by atoms with van der Waals surface area (Å²) in [5.74, 6) is 1.62. The van der Waals surface area contributed by atoms with E-state index < -0.39 is 0 Å². The third-order valence-electron chi connectivity index (χ3n) is 3.44. The van der Waals surface area contributed by atoms with Crippen LogP contribution in [0.1, 0.15) is 32.3 Å². The third kappa shape index (κ3) is 4.63. The molecule has 0 saturated heterocycles. The monoisotopic (exact) mass is 292 g/mol. The van der Waals surface area contributed by atoms with E-state index in [4.69, 9.17) is 15.2 Å². The van der Waals surface area contributed by atoms with E-state index in [2.05, 4.69) is 0 Å². The van der Waals surface area contributed by atoms with Crippen molar-refractivity contribution in [1.29, 1.82) is 0 Å². The molecule has 0 radical (unpaired) electrons. The van der Waals surface area contributed by atoms with Crippen molar-refractivity contribution in [3.8, 4) is 11.5 Å². The fourth-order valence-corrected chi connectivity index (χ4v) is 2.17. The summed E-state index contributed by atoms with van der Waals surface area (Å²) in [6, 6.07) is 5.79. The van der Waals surface area contributed by atoms with Gasteiger partial charge >= 0.3 is 0 Å². The maximum absolute atomic E-state index is 12.1. The topological polar surface area (TPSA) is 64.8 Å². The Morgan fingerprint density at radius 2 is 1.95 bits per heavy atom. The van der Waals surface area contributed by atoms with E-state index in [-0.39, 0.29) is 11.4 Å². The molecule has 0 fully saturated rings. The molecule has 116 valence electrons. The minimum absolute atomic E-state index is 0.100. The van der Waals surface area contributed by atoms with Crippen molar-refractivity contribution in [2.24, 2.45) is 5.73 Å². The van der Waals surface area contributed by atoms with Crippen LogP contribution >= 0.6 is 0 Å². The number of benzene rings is 1. The van der Waals surface area contributed by atoms with Gasteiger partial charge in [0.2, 0.25) is 5.91 Å². The molecule has 5 heteroatoms. The number of nitrogens with zero attached hydrogens (tertiary/aromatic N) is 1. The highest BCUT2D eigenvalue weighted by molar-refractivity contribution is 5.76. The Balaban J connectivity index is 1.93. The van der Waals surface area contributed by atoms with E-state index in [0.717, 1.165) is 17.1 Å². The van der Waals surface area contributed by atoms with Crippen LogP contribution in [0.4, 0.5) is 0 Å². The largest absolute Gasteiger partial charge is 0.486 e. The number of hydrogen-bond donors (Lipinski definition) is 1. The van der Waals surface area contributed by atoms with Gasteiger partial charge < -0.3 is 20.1 Å². The van der Waals surface area contributed by atoms with Crippen molar-refractivity contribution in [2.45, 2.75) is 38.8 Å². The highest BCUT2D eigenvalue weighted by atomic mass is 16.6. The molecule has 1 amide bonds. The van der Waals surface area contributed by atoms with Gasteiger partial charge in [-0.05, 0) is 38.0 Å². The molecule has 1 heterocycles. The molecular weight excluding hydrogens is 268 g/mol. The smallest absolute Gasteiger partial charge is 0.222 e. The number of nitrogens with two attached hydrogens (primary N) is 1. The zero-order valence-electron chi connectivity index (χ0n) is 13.0. The number of ether oxygens (including phenoxy) is 2. The molecule has 0 aliphatic carbocycles. The van der Waals surface area contributed by atoms with Crippen LogP contribution in [0.5, 0.6) is 11.5 Å². The Hall–Kier alpha value is -1.75. The second-order valence-corrected chi connectivity index (χ2v) is 6.22. The van der Waals surface area contributed by atoms with Crippen LogP contribution in [0.15, 0.2) is 18.2 Å². The van der Waals surface area contributed by atoms with Gasteiger partial charge in [-0.2, -0.15) is 0 Å². The van der Waals surface area contributed by atoms with Crippen molar-refractivity contribution < 1.29 is 14.3 Å². The molecular formula is C16H24N2O3. The lowest BCUT2D eigenvalue weighted by Gasteiger charge is -2.23. The fraction of sp³-hybridized carbons (Fsp3) is 0.562. The third-order valence-corrected chi connectivity index (χ3v) is 3.44. The molecule has 5 nitrogen and oxygen atoms in total. The first-order chi connectivity index (χ1) is 9.85. The second kappa shape index (κ2) is 6.35. The predicted octanol–water partition coefficient (Wildman–Crippen LogP) is 1.93. The summed E-state index contributed by atoms with van der Waals surface area (Å²) < 4.78 is 11.0. The number of carbonyl (C=O) groups is 1. The van der Waals surface area contributed by atoms with E-state index in [1.54, 1.807) is 4.90 Å². The number of fused-ring (bicyclic) bond motifs is 1. The van der Waals surface area contributed by atoms with Crippen LogP contribution < -0.4 is 15.2 Å². The summed E-state index contributed by atoms with van der Waals surface area (Å²) in [6.45, 7) is 5.57. The standard InChI is InChI=1S/C16H24N2O3/c1-16(2,17)7-6-15(19)18(3)11-12-4-5-13-14(10-12)21-9-8-20-13/h4-5,10H,6-9,11,17H2,1-3H3. The van der Waals surface area contributed by atoms with Crippen LogP contribution in [0, 0.1) is 0 Å². The average molecular weight is 292 g/mol. The quantitative estimate of drug-likeness (QED) is 0.900. The van der Waals surface area contributed by atoms with E-state index in [9.17, 15) is 4.79 Å². The predicted molar refractivity (Wildman–Crippen MR) is 81.4 cm³/mol. The van der Waals surface area contributed by atoms with Gasteiger partial charge in [-0.1, -0.05) is 6.07 Å². The van der Waals surface area contributed by atoms with Crippen molar-refractivity contribution in [1.82, 2.24) is 4.90 Å². The second-order valence-electron chi connectivity index (χ2n) is 6.22. The number of carbonyl (C=O) groups excluding carboxylic acids is 1. The van der Waals surface area contributed by atoms with E-state index in [1.165, 1.54) is 0 Å². The molecule has 2 N–H and O–H groups in total. The van der Waals surface area contributed by atoms with Crippen molar-refractivity contribution in [3.63, 3.8) is 0 Å². The number of hydrogen-bond acceptors (Lipinski definition) is 4. The summed E-state index contributed by atoms with van der Waals surface area (Å²) in [5, 5.41) is 0. The van der Waals surface area contributed by atoms with Crippen molar-refractivity contribution in [2.75, 3.05) is 20.3 Å². The first kappa shape index (κ1) is 15.6. The Morgan fingerprint density at radius 3 is 2.62 bits per heavy atom. The number of rotatable bonds is 5. The summed E-state index contributed by atoms with van der Waals surface area (Å²) in [6.07, 6.45) is 1.14. The van der Waals surface area contributed by atoms with Crippen LogP contribution in [-0.2, 0) is 11.3 Å². The Labute approximate surface area is 126 Å². The molecule has 0 bridgehead atoms. The van der Waals surface area contributed by atoms with Gasteiger partial charge in [-0.25, -0.2) is 0 Å². The molecule has 0 spiro atoms. The maximum Gasteiger partial charge on any atom is 0.222 e. The summed E-state index contributed by atoms with van der Waals surface area (Å²) in [7, 11) is 1.81. The molecule has 0 aromatic heterocycles. The van der Waals surface area contributed by atoms with E-state index in [0.29, 0.717) is 32.6 Å². The van der Waals surface area contributed by atoms with Crippen LogP contribution in [0.3, 0.4) is 0 Å². The first-order valence-electron chi connectivity index (χ1n) is 7.26. The minimum atomic E-state index is -0.312. The molecule has 0 atom stereocenters. The lowest BCUT2D eigenvalue weighted by atomic mass is 10.00. The minimum Gasteiger partial charge on any atom is -0.486 e. The molecule has 1 aromatic rings. The van der Waals surface area contributed by atoms with Crippen LogP contribution in [0.2, 0.25) is 0 Å². The Kier molecular flexibility index (Phi) is 4.73. The van der Waals surface area contributed by atoms with Gasteiger partial charge in [0, 0.05) is 25.6 Å². The Bertz CT molecular complexity index is 509. The van der Waals surface area contributed by atoms with Crippen molar-refractivity contribution in [3.05, 3.63) is 23.8 Å². The molecule has 1 aliphatic heterocycles. The van der Waals surface area contributed by atoms with Gasteiger partial charge in [0.05, 0.1) is 0 Å². The fourth-order valence-electron chi connectivity index (χ4n) is 2.17. The van der Waals surface area contributed by atoms with Crippen molar-refractivity contribution >= 4 is 5.91 Å². The summed E-state index contributed by atoms with van der Waals surface area (Å²) in [5.41, 5.74) is 6.63. The van der Waals surface area contributed by atoms with E-state index >= 15 is 0 Å². The lowest BCUT2D eigenvalue weighted by molar-refractivity contribution is -0.130. The summed E-state index contributed by atoms with van der Waals surface area (Å²) >= 11 is 0. The highest BCUT2D eigenvalue weighted by Gasteiger charge is 2.17. The van der Waals surface area contributed by atoms with Gasteiger partial charge in [0.25, 0.3) is 0 Å². The van der Waals surface area contributed by atoms with Crippen LogP contribution in [0.25, 0.3) is 0 Å². The molecule has 0 saturated carbocycles. The van der Waals surface area contributed by atoms with Crippen LogP contribution in [-0.4, -0.2) is 36.6 Å². The first-order valence-corrected chi connectivity index (χ1v) is 7.26. The molecule has 1 aromatic carbocycles. The molecule has 21 heavy (non-hydrogen) atoms. The average Bonchev–Trinajstić information content (AvgIpc) is 2.43. The molecule has 2 rings (SSSR count). The lowest BCUT2D eigenvalue weighted by Crippen LogP contribution is -2.34. The zero-order valence-corrected chi connectivity index (χ0v) is 13.0. The van der Waals surface area contributed by atoms with Gasteiger partial charge in [0.1, 0.15) is 13.2 Å².